The number of aryl methyl sites for hydroxylation is 1. The maximum absolute atomic E-state index is 13.9. The molecule has 1 atom stereocenters. The molecule has 0 radical (unpaired) electrons. The van der Waals surface area contributed by atoms with Crippen molar-refractivity contribution in [3.63, 3.8) is 0 Å². The van der Waals surface area contributed by atoms with Gasteiger partial charge in [-0.2, -0.15) is 0 Å². The summed E-state index contributed by atoms with van der Waals surface area (Å²) in [7, 11) is 0. The van der Waals surface area contributed by atoms with Crippen molar-refractivity contribution in [2.45, 2.75) is 66.5 Å². The lowest BCUT2D eigenvalue weighted by Gasteiger charge is -2.36. The van der Waals surface area contributed by atoms with Gasteiger partial charge in [-0.1, -0.05) is 27.7 Å². The number of hydrogen-bond donors (Lipinski definition) is 1. The van der Waals surface area contributed by atoms with Crippen LogP contribution in [-0.2, 0) is 0 Å². The summed E-state index contributed by atoms with van der Waals surface area (Å²) < 4.78 is 13.9. The largest absolute Gasteiger partial charge is 0.368 e. The van der Waals surface area contributed by atoms with Crippen LogP contribution in [0.3, 0.4) is 0 Å². The summed E-state index contributed by atoms with van der Waals surface area (Å²) in [5.41, 5.74) is 8.79. The van der Waals surface area contributed by atoms with Crippen molar-refractivity contribution in [3.05, 3.63) is 29.1 Å². The zero-order valence-corrected chi connectivity index (χ0v) is 14.4. The van der Waals surface area contributed by atoms with Gasteiger partial charge in [-0.25, -0.2) is 4.39 Å². The number of anilines is 1. The van der Waals surface area contributed by atoms with Crippen molar-refractivity contribution < 1.29 is 4.39 Å². The zero-order chi connectivity index (χ0) is 16.2. The van der Waals surface area contributed by atoms with Gasteiger partial charge in [0.2, 0.25) is 0 Å². The van der Waals surface area contributed by atoms with Gasteiger partial charge in [0.05, 0.1) is 0 Å². The Bertz CT molecular complexity index is 451. The molecule has 0 aliphatic heterocycles. The van der Waals surface area contributed by atoms with E-state index in [1.165, 1.54) is 0 Å². The Morgan fingerprint density at radius 1 is 1.14 bits per heavy atom. The molecule has 0 spiro atoms. The molecule has 0 aliphatic carbocycles. The smallest absolute Gasteiger partial charge is 0.126 e. The van der Waals surface area contributed by atoms with Crippen molar-refractivity contribution in [1.29, 1.82) is 0 Å². The second kappa shape index (κ2) is 7.79. The van der Waals surface area contributed by atoms with Gasteiger partial charge in [0.15, 0.2) is 0 Å². The van der Waals surface area contributed by atoms with E-state index in [-0.39, 0.29) is 11.9 Å². The molecule has 0 saturated carbocycles. The molecule has 0 aromatic heterocycles. The Morgan fingerprint density at radius 2 is 1.71 bits per heavy atom. The Morgan fingerprint density at radius 3 is 2.14 bits per heavy atom. The van der Waals surface area contributed by atoms with E-state index in [2.05, 4.69) is 32.6 Å². The summed E-state index contributed by atoms with van der Waals surface area (Å²) in [5, 5.41) is 0. The van der Waals surface area contributed by atoms with Crippen molar-refractivity contribution in [2.75, 3.05) is 11.4 Å². The van der Waals surface area contributed by atoms with Crippen molar-refractivity contribution in [1.82, 2.24) is 0 Å². The summed E-state index contributed by atoms with van der Waals surface area (Å²) in [4.78, 5) is 2.43. The third kappa shape index (κ3) is 4.44. The molecule has 120 valence electrons. The summed E-state index contributed by atoms with van der Waals surface area (Å²) >= 11 is 0. The highest BCUT2D eigenvalue weighted by Crippen LogP contribution is 2.31. The second-order valence-corrected chi connectivity index (χ2v) is 6.47. The third-order valence-corrected chi connectivity index (χ3v) is 4.05. The van der Waals surface area contributed by atoms with Crippen LogP contribution in [0, 0.1) is 18.7 Å². The average molecular weight is 294 g/mol. The van der Waals surface area contributed by atoms with Crippen LogP contribution < -0.4 is 10.6 Å². The molecule has 21 heavy (non-hydrogen) atoms. The quantitative estimate of drug-likeness (QED) is 0.782. The van der Waals surface area contributed by atoms with Crippen LogP contribution in [0.5, 0.6) is 0 Å². The highest BCUT2D eigenvalue weighted by Gasteiger charge is 2.22. The Kier molecular flexibility index (Phi) is 6.66. The van der Waals surface area contributed by atoms with Gasteiger partial charge in [-0.05, 0) is 55.9 Å². The SMILES string of the molecule is CCC(CC)N(CC(C)C)c1cc(C)c(F)cc1[C@H](C)N. The molecule has 1 rings (SSSR count). The number of nitrogens with two attached hydrogens (primary N) is 1. The topological polar surface area (TPSA) is 29.3 Å². The maximum atomic E-state index is 13.9. The van der Waals surface area contributed by atoms with Gasteiger partial charge < -0.3 is 10.6 Å². The third-order valence-electron chi connectivity index (χ3n) is 4.05. The van der Waals surface area contributed by atoms with Crippen LogP contribution in [0.1, 0.15) is 64.6 Å². The van der Waals surface area contributed by atoms with Crippen LogP contribution in [0.4, 0.5) is 10.1 Å². The highest BCUT2D eigenvalue weighted by atomic mass is 19.1. The van der Waals surface area contributed by atoms with Gasteiger partial charge >= 0.3 is 0 Å². The average Bonchev–Trinajstić information content (AvgIpc) is 2.41. The van der Waals surface area contributed by atoms with E-state index in [0.717, 1.165) is 30.6 Å². The zero-order valence-electron chi connectivity index (χ0n) is 14.4. The first-order chi connectivity index (χ1) is 9.81. The van der Waals surface area contributed by atoms with Crippen molar-refractivity contribution in [3.8, 4) is 0 Å². The standard InChI is InChI=1S/C18H31FN2/c1-7-15(8-2)21(11-12(3)4)18-9-13(5)17(19)10-16(18)14(6)20/h9-10,12,14-15H,7-8,11,20H2,1-6H3/t14-/m0/s1. The minimum absolute atomic E-state index is 0.167. The summed E-state index contributed by atoms with van der Waals surface area (Å²) in [6.45, 7) is 13.6. The van der Waals surface area contributed by atoms with Gasteiger partial charge in [-0.15, -0.1) is 0 Å². The van der Waals surface area contributed by atoms with E-state index in [1.54, 1.807) is 6.07 Å². The Hall–Kier alpha value is -1.09. The van der Waals surface area contributed by atoms with Crippen LogP contribution >= 0.6 is 0 Å². The fraction of sp³-hybridized carbons (Fsp3) is 0.667. The van der Waals surface area contributed by atoms with Crippen LogP contribution in [0.15, 0.2) is 12.1 Å². The molecule has 2 N–H and O–H groups in total. The molecule has 2 nitrogen and oxygen atoms in total. The van der Waals surface area contributed by atoms with E-state index >= 15 is 0 Å². The first kappa shape index (κ1) is 18.0. The lowest BCUT2D eigenvalue weighted by molar-refractivity contribution is 0.504. The summed E-state index contributed by atoms with van der Waals surface area (Å²) in [6.07, 6.45) is 2.16. The lowest BCUT2D eigenvalue weighted by atomic mass is 9.99. The number of hydrogen-bond acceptors (Lipinski definition) is 2. The second-order valence-electron chi connectivity index (χ2n) is 6.47. The molecule has 1 aromatic rings. The molecule has 0 unspecified atom stereocenters. The van der Waals surface area contributed by atoms with Gasteiger partial charge in [0, 0.05) is 24.3 Å². The van der Waals surface area contributed by atoms with Crippen molar-refractivity contribution >= 4 is 5.69 Å². The first-order valence-electron chi connectivity index (χ1n) is 8.13. The van der Waals surface area contributed by atoms with Crippen LogP contribution in [0.2, 0.25) is 0 Å². The monoisotopic (exact) mass is 294 g/mol. The molecule has 0 fully saturated rings. The minimum Gasteiger partial charge on any atom is -0.368 e. The minimum atomic E-state index is -0.167. The Balaban J connectivity index is 3.37. The fourth-order valence-electron chi connectivity index (χ4n) is 2.86. The van der Waals surface area contributed by atoms with E-state index in [1.807, 2.05) is 19.9 Å². The number of benzene rings is 1. The predicted molar refractivity (Wildman–Crippen MR) is 90.3 cm³/mol. The van der Waals surface area contributed by atoms with Gasteiger partial charge in [-0.3, -0.25) is 0 Å². The Labute approximate surface area is 129 Å². The predicted octanol–water partition coefficient (Wildman–Crippen LogP) is 4.80. The number of halogens is 1. The molecule has 0 amide bonds. The number of nitrogens with zero attached hydrogens (tertiary/aromatic N) is 1. The summed E-state index contributed by atoms with van der Waals surface area (Å²) in [6, 6.07) is 3.88. The van der Waals surface area contributed by atoms with E-state index in [9.17, 15) is 4.39 Å². The molecule has 0 saturated heterocycles. The lowest BCUT2D eigenvalue weighted by Crippen LogP contribution is -2.38. The summed E-state index contributed by atoms with van der Waals surface area (Å²) in [5.74, 6) is 0.386. The van der Waals surface area contributed by atoms with Crippen molar-refractivity contribution in [2.24, 2.45) is 11.7 Å². The highest BCUT2D eigenvalue weighted by molar-refractivity contribution is 5.58. The van der Waals surface area contributed by atoms with Gasteiger partial charge in [0.1, 0.15) is 5.82 Å². The van der Waals surface area contributed by atoms with E-state index in [0.29, 0.717) is 17.5 Å². The molecule has 0 heterocycles. The number of rotatable bonds is 7. The van der Waals surface area contributed by atoms with Gasteiger partial charge in [0.25, 0.3) is 0 Å². The maximum Gasteiger partial charge on any atom is 0.126 e. The van der Waals surface area contributed by atoms with E-state index in [4.69, 9.17) is 5.73 Å². The van der Waals surface area contributed by atoms with Crippen LogP contribution in [0.25, 0.3) is 0 Å². The normalized spacial score (nSPS) is 13.0. The van der Waals surface area contributed by atoms with Crippen LogP contribution in [-0.4, -0.2) is 12.6 Å². The molecule has 1 aromatic carbocycles. The molecule has 3 heteroatoms. The fourth-order valence-corrected chi connectivity index (χ4v) is 2.86. The molecular weight excluding hydrogens is 263 g/mol. The molecule has 0 aliphatic rings. The molecule has 0 bridgehead atoms. The van der Waals surface area contributed by atoms with E-state index < -0.39 is 0 Å². The first-order valence-corrected chi connectivity index (χ1v) is 8.13. The molecular formula is C18H31FN2.